The summed E-state index contributed by atoms with van der Waals surface area (Å²) in [6.45, 7) is 1.90. The Labute approximate surface area is 171 Å². The highest BCUT2D eigenvalue weighted by molar-refractivity contribution is 7.07. The zero-order valence-corrected chi connectivity index (χ0v) is 17.1. The van der Waals surface area contributed by atoms with E-state index in [9.17, 15) is 9.18 Å². The number of thiazole rings is 1. The predicted molar refractivity (Wildman–Crippen MR) is 111 cm³/mol. The van der Waals surface area contributed by atoms with Crippen LogP contribution in [0.4, 0.5) is 15.8 Å². The monoisotopic (exact) mass is 425 g/mol. The fourth-order valence-corrected chi connectivity index (χ4v) is 3.44. The van der Waals surface area contributed by atoms with Crippen molar-refractivity contribution in [2.24, 2.45) is 12.0 Å². The van der Waals surface area contributed by atoms with Crippen LogP contribution in [0.15, 0.2) is 52.8 Å². The zero-order chi connectivity index (χ0) is 18.7. The van der Waals surface area contributed by atoms with Gasteiger partial charge in [-0.3, -0.25) is 4.79 Å². The third-order valence-corrected chi connectivity index (χ3v) is 5.26. The largest absolute Gasteiger partial charge is 0.326 e. The third kappa shape index (κ3) is 5.19. The van der Waals surface area contributed by atoms with E-state index in [-0.39, 0.29) is 36.2 Å². The molecule has 0 aliphatic carbocycles. The van der Waals surface area contributed by atoms with Crippen LogP contribution in [-0.4, -0.2) is 10.5 Å². The Morgan fingerprint density at radius 1 is 1.30 bits per heavy atom. The first kappa shape index (κ1) is 21.2. The van der Waals surface area contributed by atoms with Gasteiger partial charge in [0.05, 0.1) is 6.42 Å². The quantitative estimate of drug-likeness (QED) is 0.626. The van der Waals surface area contributed by atoms with Gasteiger partial charge in [0.2, 0.25) is 5.91 Å². The number of rotatable bonds is 4. The number of para-hydroxylation sites is 1. The van der Waals surface area contributed by atoms with Crippen LogP contribution in [0.25, 0.3) is 0 Å². The number of carbonyl (C=O) groups is 1. The van der Waals surface area contributed by atoms with Crippen molar-refractivity contribution in [2.75, 3.05) is 5.32 Å². The molecule has 0 atom stereocenters. The Morgan fingerprint density at radius 3 is 2.74 bits per heavy atom. The van der Waals surface area contributed by atoms with E-state index < -0.39 is 0 Å². The van der Waals surface area contributed by atoms with E-state index in [0.29, 0.717) is 15.5 Å². The molecular weight excluding hydrogens is 408 g/mol. The molecule has 3 rings (SSSR count). The molecule has 3 aromatic rings. The molecule has 1 N–H and O–H groups in total. The van der Waals surface area contributed by atoms with Crippen LogP contribution in [0, 0.1) is 12.7 Å². The second-order valence-corrected chi connectivity index (χ2v) is 7.06. The molecule has 4 nitrogen and oxygen atoms in total. The van der Waals surface area contributed by atoms with E-state index >= 15 is 0 Å². The maximum absolute atomic E-state index is 13.8. The SMILES string of the molecule is Cc1ccc(NC(=O)Cc2cs/c(=N/c3ccccc3F)n2C)cc1Cl.Cl. The molecule has 0 aliphatic heterocycles. The van der Waals surface area contributed by atoms with Crippen molar-refractivity contribution in [3.05, 3.63) is 74.7 Å². The molecule has 27 heavy (non-hydrogen) atoms. The van der Waals surface area contributed by atoms with Gasteiger partial charge in [-0.1, -0.05) is 29.8 Å². The molecule has 0 spiro atoms. The molecule has 1 heterocycles. The normalized spacial score (nSPS) is 11.2. The van der Waals surface area contributed by atoms with Gasteiger partial charge in [0.25, 0.3) is 0 Å². The highest BCUT2D eigenvalue weighted by Crippen LogP contribution is 2.20. The first-order valence-corrected chi connectivity index (χ1v) is 9.18. The van der Waals surface area contributed by atoms with E-state index in [4.69, 9.17) is 11.6 Å². The standard InChI is InChI=1S/C19H17ClFN3OS.ClH/c1-12-7-8-13(9-15(12)20)22-18(25)10-14-11-26-19(24(14)2)23-17-6-4-3-5-16(17)21;/h3-9,11H,10H2,1-2H3,(H,22,25);1H/b23-19+;. The maximum atomic E-state index is 13.8. The van der Waals surface area contributed by atoms with E-state index in [1.54, 1.807) is 28.8 Å². The third-order valence-electron chi connectivity index (χ3n) is 3.88. The molecule has 1 aromatic heterocycles. The van der Waals surface area contributed by atoms with Crippen molar-refractivity contribution in [1.82, 2.24) is 4.57 Å². The molecule has 0 bridgehead atoms. The molecule has 0 saturated carbocycles. The number of anilines is 1. The number of amides is 1. The van der Waals surface area contributed by atoms with Gasteiger partial charge in [0.15, 0.2) is 4.80 Å². The van der Waals surface area contributed by atoms with Gasteiger partial charge in [-0.15, -0.1) is 23.7 Å². The van der Waals surface area contributed by atoms with Crippen molar-refractivity contribution in [1.29, 1.82) is 0 Å². The van der Waals surface area contributed by atoms with Crippen LogP contribution >= 0.6 is 35.3 Å². The van der Waals surface area contributed by atoms with Crippen LogP contribution in [0.2, 0.25) is 5.02 Å². The number of hydrogen-bond acceptors (Lipinski definition) is 3. The highest BCUT2D eigenvalue weighted by atomic mass is 35.5. The van der Waals surface area contributed by atoms with Gasteiger partial charge in [-0.25, -0.2) is 9.38 Å². The number of nitrogens with one attached hydrogen (secondary N) is 1. The Bertz CT molecular complexity index is 1030. The summed E-state index contributed by atoms with van der Waals surface area (Å²) in [5.41, 5.74) is 2.67. The number of aromatic nitrogens is 1. The Hall–Kier alpha value is -2.15. The summed E-state index contributed by atoms with van der Waals surface area (Å²) in [5, 5.41) is 5.29. The van der Waals surface area contributed by atoms with Crippen molar-refractivity contribution in [3.8, 4) is 0 Å². The minimum Gasteiger partial charge on any atom is -0.326 e. The van der Waals surface area contributed by atoms with Gasteiger partial charge >= 0.3 is 0 Å². The van der Waals surface area contributed by atoms with Crippen molar-refractivity contribution < 1.29 is 9.18 Å². The fourth-order valence-electron chi connectivity index (χ4n) is 2.35. The lowest BCUT2D eigenvalue weighted by atomic mass is 10.2. The second-order valence-electron chi connectivity index (χ2n) is 5.82. The van der Waals surface area contributed by atoms with Gasteiger partial charge in [-0.2, -0.15) is 0 Å². The molecule has 0 saturated heterocycles. The number of halogens is 3. The minimum absolute atomic E-state index is 0. The lowest BCUT2D eigenvalue weighted by Crippen LogP contribution is -2.19. The van der Waals surface area contributed by atoms with Crippen LogP contribution in [0.3, 0.4) is 0 Å². The second kappa shape index (κ2) is 9.17. The summed E-state index contributed by atoms with van der Waals surface area (Å²) in [4.78, 5) is 17.3. The highest BCUT2D eigenvalue weighted by Gasteiger charge is 2.10. The summed E-state index contributed by atoms with van der Waals surface area (Å²) in [7, 11) is 1.81. The Morgan fingerprint density at radius 2 is 2.04 bits per heavy atom. The molecular formula is C19H18Cl2FN3OS. The van der Waals surface area contributed by atoms with Crippen molar-refractivity contribution >= 4 is 52.6 Å². The average molecular weight is 426 g/mol. The molecule has 2 aromatic carbocycles. The first-order valence-electron chi connectivity index (χ1n) is 7.92. The number of carbonyl (C=O) groups excluding carboxylic acids is 1. The number of aryl methyl sites for hydroxylation is 1. The average Bonchev–Trinajstić information content (AvgIpc) is 2.93. The lowest BCUT2D eigenvalue weighted by Gasteiger charge is -2.07. The topological polar surface area (TPSA) is 46.4 Å². The van der Waals surface area contributed by atoms with Crippen molar-refractivity contribution in [2.45, 2.75) is 13.3 Å². The number of nitrogens with zero attached hydrogens (tertiary/aromatic N) is 2. The van der Waals surface area contributed by atoms with Gasteiger partial charge in [-0.05, 0) is 36.8 Å². The lowest BCUT2D eigenvalue weighted by molar-refractivity contribution is -0.115. The summed E-state index contributed by atoms with van der Waals surface area (Å²) in [5.74, 6) is -0.535. The molecule has 0 radical (unpaired) electrons. The van der Waals surface area contributed by atoms with Gasteiger partial charge in [0.1, 0.15) is 11.5 Å². The summed E-state index contributed by atoms with van der Waals surface area (Å²) in [6.07, 6.45) is 0.186. The van der Waals surface area contributed by atoms with Gasteiger partial charge in [0, 0.05) is 28.8 Å². The predicted octanol–water partition coefficient (Wildman–Crippen LogP) is 5.02. The zero-order valence-electron chi connectivity index (χ0n) is 14.7. The molecule has 8 heteroatoms. The summed E-state index contributed by atoms with van der Waals surface area (Å²) in [6, 6.07) is 11.7. The number of benzene rings is 2. The van der Waals surface area contributed by atoms with Crippen molar-refractivity contribution in [3.63, 3.8) is 0 Å². The minimum atomic E-state index is -0.378. The smallest absolute Gasteiger partial charge is 0.230 e. The molecule has 1 amide bonds. The van der Waals surface area contributed by atoms with E-state index in [0.717, 1.165) is 11.3 Å². The fraction of sp³-hybridized carbons (Fsp3) is 0.158. The Balaban J connectivity index is 0.00000261. The van der Waals surface area contributed by atoms with Crippen LogP contribution < -0.4 is 10.1 Å². The van der Waals surface area contributed by atoms with Crippen LogP contribution in [0.1, 0.15) is 11.3 Å². The van der Waals surface area contributed by atoms with Crippen LogP contribution in [-0.2, 0) is 18.3 Å². The molecule has 0 aliphatic rings. The summed E-state index contributed by atoms with van der Waals surface area (Å²) >= 11 is 7.44. The van der Waals surface area contributed by atoms with E-state index in [1.807, 2.05) is 31.5 Å². The van der Waals surface area contributed by atoms with Crippen LogP contribution in [0.5, 0.6) is 0 Å². The summed E-state index contributed by atoms with van der Waals surface area (Å²) < 4.78 is 15.5. The van der Waals surface area contributed by atoms with E-state index in [2.05, 4.69) is 10.3 Å². The first-order chi connectivity index (χ1) is 12.4. The van der Waals surface area contributed by atoms with E-state index in [1.165, 1.54) is 17.4 Å². The van der Waals surface area contributed by atoms with Gasteiger partial charge < -0.3 is 9.88 Å². The number of hydrogen-bond donors (Lipinski definition) is 1. The maximum Gasteiger partial charge on any atom is 0.230 e. The molecule has 142 valence electrons. The molecule has 0 fully saturated rings. The Kier molecular flexibility index (Phi) is 7.18. The molecule has 0 unspecified atom stereocenters.